The average molecular weight is 388 g/mol. The molecule has 1 aliphatic heterocycles. The maximum Gasteiger partial charge on any atom is 0.418 e. The first kappa shape index (κ1) is 19.3. The maximum absolute atomic E-state index is 13.5. The average Bonchev–Trinajstić information content (AvgIpc) is 2.63. The van der Waals surface area contributed by atoms with Crippen molar-refractivity contribution in [2.24, 2.45) is 10.9 Å². The second-order valence-corrected chi connectivity index (χ2v) is 6.04. The predicted octanol–water partition coefficient (Wildman–Crippen LogP) is 4.61. The molecule has 144 valence electrons. The van der Waals surface area contributed by atoms with Gasteiger partial charge in [0, 0.05) is 5.71 Å². The Morgan fingerprint density at radius 2 is 1.82 bits per heavy atom. The fraction of sp³-hybridized carbons (Fsp3) is 0.150. The number of carbonyl (C=O) groups is 2. The van der Waals surface area contributed by atoms with Crippen molar-refractivity contribution in [3.8, 4) is 11.5 Å². The van der Waals surface area contributed by atoms with Gasteiger partial charge in [-0.25, -0.2) is 4.99 Å². The van der Waals surface area contributed by atoms with E-state index >= 15 is 0 Å². The van der Waals surface area contributed by atoms with Crippen molar-refractivity contribution in [2.75, 3.05) is 5.32 Å². The van der Waals surface area contributed by atoms with E-state index in [9.17, 15) is 22.8 Å². The van der Waals surface area contributed by atoms with Crippen LogP contribution in [-0.4, -0.2) is 17.5 Å². The number of halogens is 3. The second kappa shape index (κ2) is 7.67. The highest BCUT2D eigenvalue weighted by molar-refractivity contribution is 6.15. The molecule has 2 aromatic carbocycles. The zero-order chi connectivity index (χ0) is 20.3. The zero-order valence-corrected chi connectivity index (χ0v) is 14.7. The molecule has 2 amide bonds. The Kier molecular flexibility index (Phi) is 5.30. The smallest absolute Gasteiger partial charge is 0.418 e. The Morgan fingerprint density at radius 3 is 2.46 bits per heavy atom. The molecule has 0 radical (unpaired) electrons. The summed E-state index contributed by atoms with van der Waals surface area (Å²) in [6.07, 6.45) is -1.97. The molecule has 1 atom stereocenters. The number of nitrogens with one attached hydrogen (secondary N) is 1. The van der Waals surface area contributed by atoms with E-state index in [0.29, 0.717) is 11.5 Å². The molecule has 2 aromatic rings. The van der Waals surface area contributed by atoms with E-state index in [-0.39, 0.29) is 5.75 Å². The van der Waals surface area contributed by atoms with E-state index in [1.165, 1.54) is 18.2 Å². The number of alkyl halides is 3. The first-order valence-corrected chi connectivity index (χ1v) is 8.26. The van der Waals surface area contributed by atoms with Crippen LogP contribution in [0, 0.1) is 5.92 Å². The van der Waals surface area contributed by atoms with E-state index in [4.69, 9.17) is 4.74 Å². The lowest BCUT2D eigenvalue weighted by molar-refractivity contribution is -0.137. The number of ether oxygens (including phenoxy) is 1. The number of carbonyl (C=O) groups excluding carboxylic acids is 2. The number of allylic oxidation sites excluding steroid dienone is 1. The molecule has 0 fully saturated rings. The van der Waals surface area contributed by atoms with Gasteiger partial charge >= 0.3 is 6.18 Å². The standard InChI is InChI=1S/C20H15F3N2O3/c1-12-7-9-15(18(26)24-12)19(27)25-17-10-8-14(11-16(17)20(21,22)23)28-13-5-3-2-4-6-13/h2-11,15H,1H3,(H,25,27). The predicted molar refractivity (Wildman–Crippen MR) is 97.3 cm³/mol. The number of amides is 2. The van der Waals surface area contributed by atoms with Crippen LogP contribution >= 0.6 is 0 Å². The first-order chi connectivity index (χ1) is 13.2. The van der Waals surface area contributed by atoms with Crippen LogP contribution in [-0.2, 0) is 15.8 Å². The van der Waals surface area contributed by atoms with E-state index in [1.54, 1.807) is 37.3 Å². The van der Waals surface area contributed by atoms with Crippen molar-refractivity contribution in [1.82, 2.24) is 0 Å². The number of para-hydroxylation sites is 1. The first-order valence-electron chi connectivity index (χ1n) is 8.26. The van der Waals surface area contributed by atoms with Gasteiger partial charge in [0.05, 0.1) is 11.3 Å². The number of rotatable bonds is 4. The van der Waals surface area contributed by atoms with Crippen LogP contribution in [0.4, 0.5) is 18.9 Å². The number of dihydropyridines is 1. The van der Waals surface area contributed by atoms with E-state index in [0.717, 1.165) is 12.1 Å². The van der Waals surface area contributed by atoms with Gasteiger partial charge in [-0.2, -0.15) is 13.2 Å². The van der Waals surface area contributed by atoms with Crippen LogP contribution < -0.4 is 10.1 Å². The summed E-state index contributed by atoms with van der Waals surface area (Å²) < 4.78 is 45.9. The number of hydrogen-bond donors (Lipinski definition) is 1. The van der Waals surface area contributed by atoms with Gasteiger partial charge in [-0.3, -0.25) is 9.59 Å². The third-order valence-corrected chi connectivity index (χ3v) is 3.90. The summed E-state index contributed by atoms with van der Waals surface area (Å²) in [7, 11) is 0. The molecule has 0 bridgehead atoms. The summed E-state index contributed by atoms with van der Waals surface area (Å²) in [5.41, 5.74) is -1.13. The Labute approximate surface area is 158 Å². The number of nitrogens with zero attached hydrogens (tertiary/aromatic N) is 1. The molecule has 3 rings (SSSR count). The second-order valence-electron chi connectivity index (χ2n) is 6.04. The molecule has 0 spiro atoms. The van der Waals surface area contributed by atoms with Gasteiger partial charge in [0.25, 0.3) is 5.91 Å². The lowest BCUT2D eigenvalue weighted by atomic mass is 10.0. The highest BCUT2D eigenvalue weighted by Crippen LogP contribution is 2.38. The number of anilines is 1. The van der Waals surface area contributed by atoms with Gasteiger partial charge in [-0.15, -0.1) is 0 Å². The molecule has 1 unspecified atom stereocenters. The van der Waals surface area contributed by atoms with E-state index in [1.807, 2.05) is 0 Å². The van der Waals surface area contributed by atoms with Crippen molar-refractivity contribution < 1.29 is 27.5 Å². The van der Waals surface area contributed by atoms with Crippen molar-refractivity contribution >= 4 is 23.2 Å². The van der Waals surface area contributed by atoms with Gasteiger partial charge < -0.3 is 10.1 Å². The van der Waals surface area contributed by atoms with Crippen molar-refractivity contribution in [2.45, 2.75) is 13.1 Å². The molecule has 1 aliphatic rings. The molecule has 0 aromatic heterocycles. The third kappa shape index (κ3) is 4.46. The Hall–Kier alpha value is -3.42. The van der Waals surface area contributed by atoms with Gasteiger partial charge in [0.2, 0.25) is 5.91 Å². The SMILES string of the molecule is CC1=NC(=O)C(C(=O)Nc2ccc(Oc3ccccc3)cc2C(F)(F)F)C=C1. The monoisotopic (exact) mass is 388 g/mol. The van der Waals surface area contributed by atoms with Crippen LogP contribution in [0.15, 0.2) is 65.7 Å². The topological polar surface area (TPSA) is 67.8 Å². The highest BCUT2D eigenvalue weighted by atomic mass is 19.4. The fourth-order valence-electron chi connectivity index (χ4n) is 2.56. The van der Waals surface area contributed by atoms with Gasteiger partial charge in [0.15, 0.2) is 0 Å². The van der Waals surface area contributed by atoms with Crippen LogP contribution in [0.25, 0.3) is 0 Å². The molecule has 0 aliphatic carbocycles. The quantitative estimate of drug-likeness (QED) is 0.778. The van der Waals surface area contributed by atoms with Crippen molar-refractivity contribution in [3.63, 3.8) is 0 Å². The summed E-state index contributed by atoms with van der Waals surface area (Å²) in [5.74, 6) is -2.55. The minimum atomic E-state index is -4.74. The van der Waals surface area contributed by atoms with E-state index in [2.05, 4.69) is 10.3 Å². The summed E-state index contributed by atoms with van der Waals surface area (Å²) in [4.78, 5) is 27.8. The molecule has 1 heterocycles. The minimum absolute atomic E-state index is 0.0367. The summed E-state index contributed by atoms with van der Waals surface area (Å²) in [6.45, 7) is 1.58. The molecule has 0 saturated heterocycles. The van der Waals surface area contributed by atoms with Gasteiger partial charge in [-0.05, 0) is 43.3 Å². The minimum Gasteiger partial charge on any atom is -0.457 e. The fourth-order valence-corrected chi connectivity index (χ4v) is 2.56. The zero-order valence-electron chi connectivity index (χ0n) is 14.7. The number of hydrogen-bond acceptors (Lipinski definition) is 3. The largest absolute Gasteiger partial charge is 0.457 e. The Balaban J connectivity index is 1.85. The molecule has 0 saturated carbocycles. The summed E-state index contributed by atoms with van der Waals surface area (Å²) in [5, 5.41) is 2.17. The third-order valence-electron chi connectivity index (χ3n) is 3.90. The van der Waals surface area contributed by atoms with Crippen LogP contribution in [0.1, 0.15) is 12.5 Å². The highest BCUT2D eigenvalue weighted by Gasteiger charge is 2.36. The molecule has 5 nitrogen and oxygen atoms in total. The van der Waals surface area contributed by atoms with Gasteiger partial charge in [0.1, 0.15) is 17.4 Å². The van der Waals surface area contributed by atoms with E-state index < -0.39 is 35.2 Å². The van der Waals surface area contributed by atoms with Crippen molar-refractivity contribution in [3.05, 3.63) is 66.2 Å². The Morgan fingerprint density at radius 1 is 1.11 bits per heavy atom. The maximum atomic E-state index is 13.5. The molecule has 1 N–H and O–H groups in total. The normalized spacial score (nSPS) is 16.5. The molecular weight excluding hydrogens is 373 g/mol. The number of benzene rings is 2. The van der Waals surface area contributed by atoms with Crippen LogP contribution in [0.2, 0.25) is 0 Å². The summed E-state index contributed by atoms with van der Waals surface area (Å²) >= 11 is 0. The lowest BCUT2D eigenvalue weighted by Crippen LogP contribution is -2.30. The molecule has 8 heteroatoms. The van der Waals surface area contributed by atoms with Gasteiger partial charge in [-0.1, -0.05) is 24.3 Å². The Bertz CT molecular complexity index is 966. The molecular formula is C20H15F3N2O3. The van der Waals surface area contributed by atoms with Crippen LogP contribution in [0.5, 0.6) is 11.5 Å². The number of aliphatic imine (C=N–C) groups is 1. The van der Waals surface area contributed by atoms with Crippen LogP contribution in [0.3, 0.4) is 0 Å². The lowest BCUT2D eigenvalue weighted by Gasteiger charge is -2.18. The summed E-state index contributed by atoms with van der Waals surface area (Å²) in [6, 6.07) is 11.5. The molecule has 28 heavy (non-hydrogen) atoms. The van der Waals surface area contributed by atoms with Crippen molar-refractivity contribution in [1.29, 1.82) is 0 Å².